The van der Waals surface area contributed by atoms with Crippen LogP contribution in [-0.2, 0) is 6.61 Å². The number of hydrogen-bond acceptors (Lipinski definition) is 5. The fraction of sp³-hybridized carbons (Fsp3) is 0.400. The predicted molar refractivity (Wildman–Crippen MR) is 61.4 cm³/mol. The van der Waals surface area contributed by atoms with Gasteiger partial charge in [0.15, 0.2) is 0 Å². The summed E-state index contributed by atoms with van der Waals surface area (Å²) in [6.45, 7) is 1.53. The SMILES string of the molecule is CC(CO)Sc1ccc([N+](=O)[O-])c(CO)c1. The van der Waals surface area contributed by atoms with Crippen LogP contribution in [0.25, 0.3) is 0 Å². The Labute approximate surface area is 97.3 Å². The maximum Gasteiger partial charge on any atom is 0.274 e. The van der Waals surface area contributed by atoms with Crippen LogP contribution in [0.1, 0.15) is 12.5 Å². The Hall–Kier alpha value is -1.11. The molecule has 88 valence electrons. The Balaban J connectivity index is 2.95. The van der Waals surface area contributed by atoms with Gasteiger partial charge in [-0.05, 0) is 12.1 Å². The normalized spacial score (nSPS) is 12.4. The molecule has 1 aromatic carbocycles. The molecule has 0 heterocycles. The summed E-state index contributed by atoms with van der Waals surface area (Å²) in [5.74, 6) is 0. The van der Waals surface area contributed by atoms with E-state index in [0.717, 1.165) is 4.90 Å². The first-order chi connectivity index (χ1) is 7.58. The number of thioether (sulfide) groups is 1. The lowest BCUT2D eigenvalue weighted by Crippen LogP contribution is -2.02. The molecule has 0 spiro atoms. The molecule has 1 rings (SSSR count). The van der Waals surface area contributed by atoms with Crippen LogP contribution in [0.15, 0.2) is 23.1 Å². The number of nitrogens with zero attached hydrogens (tertiary/aromatic N) is 1. The molecular formula is C10H13NO4S. The predicted octanol–water partition coefficient (Wildman–Crippen LogP) is 1.56. The van der Waals surface area contributed by atoms with Crippen molar-refractivity contribution in [1.29, 1.82) is 0 Å². The largest absolute Gasteiger partial charge is 0.395 e. The molecule has 16 heavy (non-hydrogen) atoms. The number of hydrogen-bond donors (Lipinski definition) is 2. The van der Waals surface area contributed by atoms with Crippen molar-refractivity contribution in [2.24, 2.45) is 0 Å². The average Bonchev–Trinajstić information content (AvgIpc) is 2.28. The van der Waals surface area contributed by atoms with E-state index in [1.165, 1.54) is 17.8 Å². The van der Waals surface area contributed by atoms with Crippen LogP contribution in [0.2, 0.25) is 0 Å². The molecule has 1 atom stereocenters. The molecule has 0 radical (unpaired) electrons. The van der Waals surface area contributed by atoms with Gasteiger partial charge in [-0.2, -0.15) is 0 Å². The number of aliphatic hydroxyl groups is 2. The molecular weight excluding hydrogens is 230 g/mol. The van der Waals surface area contributed by atoms with Crippen molar-refractivity contribution in [2.75, 3.05) is 6.61 Å². The fourth-order valence-electron chi connectivity index (χ4n) is 1.21. The third-order valence-corrected chi connectivity index (χ3v) is 3.09. The Morgan fingerprint density at radius 3 is 2.69 bits per heavy atom. The lowest BCUT2D eigenvalue weighted by molar-refractivity contribution is -0.385. The van der Waals surface area contributed by atoms with Crippen molar-refractivity contribution in [2.45, 2.75) is 23.7 Å². The summed E-state index contributed by atoms with van der Waals surface area (Å²) in [6, 6.07) is 4.57. The summed E-state index contributed by atoms with van der Waals surface area (Å²) in [5, 5.41) is 28.5. The summed E-state index contributed by atoms with van der Waals surface area (Å²) in [6.07, 6.45) is 0. The molecule has 6 heteroatoms. The third kappa shape index (κ3) is 3.19. The van der Waals surface area contributed by atoms with E-state index in [4.69, 9.17) is 10.2 Å². The highest BCUT2D eigenvalue weighted by atomic mass is 32.2. The van der Waals surface area contributed by atoms with E-state index in [9.17, 15) is 10.1 Å². The van der Waals surface area contributed by atoms with Crippen molar-refractivity contribution in [3.05, 3.63) is 33.9 Å². The van der Waals surface area contributed by atoms with E-state index in [1.807, 2.05) is 6.92 Å². The van der Waals surface area contributed by atoms with Gasteiger partial charge in [-0.3, -0.25) is 10.1 Å². The molecule has 0 aliphatic rings. The number of rotatable bonds is 5. The standard InChI is InChI=1S/C10H13NO4S/c1-7(5-12)16-9-2-3-10(11(14)15)8(4-9)6-13/h2-4,7,12-13H,5-6H2,1H3. The summed E-state index contributed by atoms with van der Waals surface area (Å²) >= 11 is 1.41. The van der Waals surface area contributed by atoms with Gasteiger partial charge in [0, 0.05) is 16.2 Å². The zero-order valence-corrected chi connectivity index (χ0v) is 9.61. The second-order valence-corrected chi connectivity index (χ2v) is 4.83. The maximum absolute atomic E-state index is 10.6. The summed E-state index contributed by atoms with van der Waals surface area (Å²) in [5.41, 5.74) is 0.212. The summed E-state index contributed by atoms with van der Waals surface area (Å²) in [4.78, 5) is 10.9. The third-order valence-electron chi connectivity index (χ3n) is 2.01. The van der Waals surface area contributed by atoms with Gasteiger partial charge in [0.25, 0.3) is 5.69 Å². The van der Waals surface area contributed by atoms with Gasteiger partial charge in [0.1, 0.15) is 0 Å². The number of nitro benzene ring substituents is 1. The van der Waals surface area contributed by atoms with E-state index in [0.29, 0.717) is 5.56 Å². The highest BCUT2D eigenvalue weighted by Crippen LogP contribution is 2.28. The summed E-state index contributed by atoms with van der Waals surface area (Å²) < 4.78 is 0. The van der Waals surface area contributed by atoms with Gasteiger partial charge in [-0.25, -0.2) is 0 Å². The van der Waals surface area contributed by atoms with E-state index in [-0.39, 0.29) is 24.2 Å². The molecule has 0 saturated carbocycles. The molecule has 0 saturated heterocycles. The van der Waals surface area contributed by atoms with Crippen LogP contribution in [0, 0.1) is 10.1 Å². The molecule has 0 aliphatic carbocycles. The van der Waals surface area contributed by atoms with Crippen molar-refractivity contribution >= 4 is 17.4 Å². The highest BCUT2D eigenvalue weighted by molar-refractivity contribution is 8.00. The minimum atomic E-state index is -0.518. The monoisotopic (exact) mass is 243 g/mol. The summed E-state index contributed by atoms with van der Waals surface area (Å²) in [7, 11) is 0. The molecule has 0 fully saturated rings. The minimum Gasteiger partial charge on any atom is -0.395 e. The zero-order chi connectivity index (χ0) is 12.1. The van der Waals surface area contributed by atoms with E-state index in [1.54, 1.807) is 12.1 Å². The molecule has 5 nitrogen and oxygen atoms in total. The lowest BCUT2D eigenvalue weighted by Gasteiger charge is -2.08. The Bertz CT molecular complexity index is 383. The minimum absolute atomic E-state index is 0.0213. The first kappa shape index (κ1) is 13.0. The van der Waals surface area contributed by atoms with Crippen LogP contribution in [-0.4, -0.2) is 27.0 Å². The number of benzene rings is 1. The first-order valence-corrected chi connectivity index (χ1v) is 5.62. The molecule has 2 N–H and O–H groups in total. The van der Waals surface area contributed by atoms with Gasteiger partial charge < -0.3 is 10.2 Å². The van der Waals surface area contributed by atoms with Crippen molar-refractivity contribution in [3.8, 4) is 0 Å². The van der Waals surface area contributed by atoms with Crippen molar-refractivity contribution in [3.63, 3.8) is 0 Å². The first-order valence-electron chi connectivity index (χ1n) is 4.74. The van der Waals surface area contributed by atoms with Crippen LogP contribution < -0.4 is 0 Å². The number of aliphatic hydroxyl groups excluding tert-OH is 2. The van der Waals surface area contributed by atoms with E-state index >= 15 is 0 Å². The Morgan fingerprint density at radius 2 is 2.19 bits per heavy atom. The maximum atomic E-state index is 10.6. The van der Waals surface area contributed by atoms with E-state index < -0.39 is 4.92 Å². The van der Waals surface area contributed by atoms with Crippen LogP contribution in [0.5, 0.6) is 0 Å². The van der Waals surface area contributed by atoms with Crippen molar-refractivity contribution < 1.29 is 15.1 Å². The van der Waals surface area contributed by atoms with Crippen LogP contribution >= 0.6 is 11.8 Å². The van der Waals surface area contributed by atoms with Gasteiger partial charge in [0.05, 0.1) is 23.7 Å². The molecule has 0 amide bonds. The fourth-order valence-corrected chi connectivity index (χ4v) is 2.11. The van der Waals surface area contributed by atoms with Crippen LogP contribution in [0.4, 0.5) is 5.69 Å². The zero-order valence-electron chi connectivity index (χ0n) is 8.79. The Morgan fingerprint density at radius 1 is 1.50 bits per heavy atom. The second kappa shape index (κ2) is 5.83. The smallest absolute Gasteiger partial charge is 0.274 e. The molecule has 0 aromatic heterocycles. The quantitative estimate of drug-likeness (QED) is 0.466. The van der Waals surface area contributed by atoms with Gasteiger partial charge in [0.2, 0.25) is 0 Å². The molecule has 0 aliphatic heterocycles. The molecule has 1 aromatic rings. The average molecular weight is 243 g/mol. The van der Waals surface area contributed by atoms with Crippen LogP contribution in [0.3, 0.4) is 0 Å². The second-order valence-electron chi connectivity index (χ2n) is 3.32. The van der Waals surface area contributed by atoms with Crippen molar-refractivity contribution in [1.82, 2.24) is 0 Å². The highest BCUT2D eigenvalue weighted by Gasteiger charge is 2.14. The van der Waals surface area contributed by atoms with E-state index in [2.05, 4.69) is 0 Å². The lowest BCUT2D eigenvalue weighted by atomic mass is 10.2. The Kier molecular flexibility index (Phi) is 4.72. The molecule has 1 unspecified atom stereocenters. The topological polar surface area (TPSA) is 83.6 Å². The van der Waals surface area contributed by atoms with Gasteiger partial charge >= 0.3 is 0 Å². The number of nitro groups is 1. The van der Waals surface area contributed by atoms with Gasteiger partial charge in [-0.1, -0.05) is 6.92 Å². The molecule has 0 bridgehead atoms. The van der Waals surface area contributed by atoms with Gasteiger partial charge in [-0.15, -0.1) is 11.8 Å².